The van der Waals surface area contributed by atoms with Gasteiger partial charge in [-0.1, -0.05) is 30.1 Å². The molecule has 0 saturated carbocycles. The Hall–Kier alpha value is -0.440. The van der Waals surface area contributed by atoms with Crippen LogP contribution in [0.3, 0.4) is 0 Å². The molecule has 2 atom stereocenters. The highest BCUT2D eigenvalue weighted by molar-refractivity contribution is 6.34. The molecule has 0 aromatic heterocycles. The van der Waals surface area contributed by atoms with Crippen LogP contribution in [0.25, 0.3) is 0 Å². The van der Waals surface area contributed by atoms with Crippen LogP contribution >= 0.6 is 23.2 Å². The quantitative estimate of drug-likeness (QED) is 0.902. The molecule has 94 valence electrons. The average molecular weight is 274 g/mol. The maximum Gasteiger partial charge on any atom is 0.122 e. The topological polar surface area (TPSA) is 21.3 Å². The van der Waals surface area contributed by atoms with Gasteiger partial charge in [0.05, 0.1) is 0 Å². The summed E-state index contributed by atoms with van der Waals surface area (Å²) in [6.07, 6.45) is 2.41. The first-order chi connectivity index (χ1) is 8.19. The molecule has 0 spiro atoms. The van der Waals surface area contributed by atoms with Crippen molar-refractivity contribution in [3.63, 3.8) is 0 Å². The van der Waals surface area contributed by atoms with Crippen LogP contribution in [-0.2, 0) is 0 Å². The summed E-state index contributed by atoms with van der Waals surface area (Å²) in [4.78, 5) is 0. The first-order valence-corrected chi connectivity index (χ1v) is 6.78. The molecule has 0 aliphatic carbocycles. The molecule has 1 saturated heterocycles. The minimum absolute atomic E-state index is 0.236. The van der Waals surface area contributed by atoms with Gasteiger partial charge < -0.3 is 10.1 Å². The van der Waals surface area contributed by atoms with E-state index in [9.17, 15) is 0 Å². The maximum absolute atomic E-state index is 6.00. The highest BCUT2D eigenvalue weighted by atomic mass is 35.5. The van der Waals surface area contributed by atoms with Crippen LogP contribution in [0.15, 0.2) is 18.2 Å². The molecule has 4 heteroatoms. The zero-order valence-electron chi connectivity index (χ0n) is 9.88. The summed E-state index contributed by atoms with van der Waals surface area (Å²) in [5.74, 6) is 1.35. The summed E-state index contributed by atoms with van der Waals surface area (Å²) in [5.41, 5.74) is 0. The Morgan fingerprint density at radius 1 is 1.35 bits per heavy atom. The van der Waals surface area contributed by atoms with E-state index >= 15 is 0 Å². The number of nitrogens with one attached hydrogen (secondary N) is 1. The Bertz CT molecular complexity index is 357. The first kappa shape index (κ1) is 13.0. The minimum atomic E-state index is 0.236. The van der Waals surface area contributed by atoms with Gasteiger partial charge in [-0.25, -0.2) is 0 Å². The Kier molecular flexibility index (Phi) is 4.55. The molecule has 1 fully saturated rings. The Morgan fingerprint density at radius 3 is 2.59 bits per heavy atom. The molecule has 2 nitrogen and oxygen atoms in total. The molecule has 1 aromatic carbocycles. The van der Waals surface area contributed by atoms with Crippen LogP contribution < -0.4 is 10.1 Å². The summed E-state index contributed by atoms with van der Waals surface area (Å²) in [5, 5.41) is 4.60. The van der Waals surface area contributed by atoms with Gasteiger partial charge in [-0.2, -0.15) is 0 Å². The van der Waals surface area contributed by atoms with Gasteiger partial charge in [-0.05, 0) is 37.6 Å². The molecule has 1 aliphatic heterocycles. The summed E-state index contributed by atoms with van der Waals surface area (Å²) in [6.45, 7) is 4.27. The van der Waals surface area contributed by atoms with Crippen molar-refractivity contribution >= 4 is 23.2 Å². The third kappa shape index (κ3) is 3.51. The largest absolute Gasteiger partial charge is 0.490 e. The number of hydrogen-bond acceptors (Lipinski definition) is 2. The maximum atomic E-state index is 6.00. The Labute approximate surface area is 112 Å². The molecule has 17 heavy (non-hydrogen) atoms. The second-order valence-corrected chi connectivity index (χ2v) is 5.30. The van der Waals surface area contributed by atoms with Gasteiger partial charge in [-0.3, -0.25) is 0 Å². The summed E-state index contributed by atoms with van der Waals surface area (Å²) in [7, 11) is 0. The van der Waals surface area contributed by atoms with Gasteiger partial charge in [-0.15, -0.1) is 0 Å². The SMILES string of the molecule is CC[C@@H](Oc1cc(Cl)cc(Cl)c1)C1CCNC1. The van der Waals surface area contributed by atoms with Crippen LogP contribution in [-0.4, -0.2) is 19.2 Å². The molecule has 1 unspecified atom stereocenters. The lowest BCUT2D eigenvalue weighted by molar-refractivity contribution is 0.138. The molecule has 0 amide bonds. The number of hydrogen-bond donors (Lipinski definition) is 1. The number of benzene rings is 1. The second-order valence-electron chi connectivity index (χ2n) is 4.42. The molecule has 0 bridgehead atoms. The average Bonchev–Trinajstić information content (AvgIpc) is 2.77. The molecular formula is C13H17Cl2NO. The summed E-state index contributed by atoms with van der Waals surface area (Å²) in [6, 6.07) is 5.35. The van der Waals surface area contributed by atoms with Crippen LogP contribution in [0.4, 0.5) is 0 Å². The molecule has 1 N–H and O–H groups in total. The number of rotatable bonds is 4. The van der Waals surface area contributed by atoms with E-state index in [1.54, 1.807) is 6.07 Å². The van der Waals surface area contributed by atoms with E-state index in [0.717, 1.165) is 25.3 Å². The van der Waals surface area contributed by atoms with Gasteiger partial charge in [0.2, 0.25) is 0 Å². The lowest BCUT2D eigenvalue weighted by Crippen LogP contribution is -2.28. The highest BCUT2D eigenvalue weighted by Gasteiger charge is 2.25. The van der Waals surface area contributed by atoms with Crippen LogP contribution in [0.5, 0.6) is 5.75 Å². The van der Waals surface area contributed by atoms with Crippen molar-refractivity contribution in [1.82, 2.24) is 5.32 Å². The van der Waals surface area contributed by atoms with E-state index < -0.39 is 0 Å². The molecule has 2 rings (SSSR count). The third-order valence-corrected chi connectivity index (χ3v) is 3.59. The van der Waals surface area contributed by atoms with E-state index in [0.29, 0.717) is 16.0 Å². The van der Waals surface area contributed by atoms with Gasteiger partial charge in [0.1, 0.15) is 11.9 Å². The van der Waals surface area contributed by atoms with Crippen molar-refractivity contribution in [3.05, 3.63) is 28.2 Å². The fraction of sp³-hybridized carbons (Fsp3) is 0.538. The highest BCUT2D eigenvalue weighted by Crippen LogP contribution is 2.27. The molecular weight excluding hydrogens is 257 g/mol. The second kappa shape index (κ2) is 5.94. The van der Waals surface area contributed by atoms with E-state index in [1.165, 1.54) is 6.42 Å². The first-order valence-electron chi connectivity index (χ1n) is 6.02. The lowest BCUT2D eigenvalue weighted by atomic mass is 9.99. The van der Waals surface area contributed by atoms with E-state index in [2.05, 4.69) is 12.2 Å². The summed E-state index contributed by atoms with van der Waals surface area (Å²) >= 11 is 11.9. The predicted octanol–water partition coefficient (Wildman–Crippen LogP) is 3.76. The predicted molar refractivity (Wildman–Crippen MR) is 72.1 cm³/mol. The fourth-order valence-electron chi connectivity index (χ4n) is 2.28. The molecule has 1 aliphatic rings. The van der Waals surface area contributed by atoms with Crippen molar-refractivity contribution in [2.75, 3.05) is 13.1 Å². The van der Waals surface area contributed by atoms with E-state index in [1.807, 2.05) is 12.1 Å². The number of halogens is 2. The van der Waals surface area contributed by atoms with Crippen molar-refractivity contribution < 1.29 is 4.74 Å². The number of ether oxygens (including phenoxy) is 1. The zero-order chi connectivity index (χ0) is 12.3. The minimum Gasteiger partial charge on any atom is -0.490 e. The monoisotopic (exact) mass is 273 g/mol. The van der Waals surface area contributed by atoms with Crippen LogP contribution in [0.1, 0.15) is 19.8 Å². The normalized spacial score (nSPS) is 21.5. The third-order valence-electron chi connectivity index (χ3n) is 3.15. The van der Waals surface area contributed by atoms with E-state index in [4.69, 9.17) is 27.9 Å². The molecule has 1 aromatic rings. The van der Waals surface area contributed by atoms with Gasteiger partial charge in [0.25, 0.3) is 0 Å². The van der Waals surface area contributed by atoms with Crippen molar-refractivity contribution in [3.8, 4) is 5.75 Å². The lowest BCUT2D eigenvalue weighted by Gasteiger charge is -2.23. The standard InChI is InChI=1S/C13H17Cl2NO/c1-2-13(9-3-4-16-8-9)17-12-6-10(14)5-11(15)7-12/h5-7,9,13,16H,2-4,8H2,1H3/t9?,13-/m1/s1. The molecule has 0 radical (unpaired) electrons. The van der Waals surface area contributed by atoms with Crippen LogP contribution in [0, 0.1) is 5.92 Å². The van der Waals surface area contributed by atoms with Gasteiger partial charge in [0, 0.05) is 22.5 Å². The molecule has 1 heterocycles. The zero-order valence-corrected chi connectivity index (χ0v) is 11.4. The smallest absolute Gasteiger partial charge is 0.122 e. The summed E-state index contributed by atoms with van der Waals surface area (Å²) < 4.78 is 6.00. The van der Waals surface area contributed by atoms with Gasteiger partial charge >= 0.3 is 0 Å². The van der Waals surface area contributed by atoms with E-state index in [-0.39, 0.29) is 6.10 Å². The van der Waals surface area contributed by atoms with Gasteiger partial charge in [0.15, 0.2) is 0 Å². The van der Waals surface area contributed by atoms with Crippen LogP contribution in [0.2, 0.25) is 10.0 Å². The van der Waals surface area contributed by atoms with Crippen molar-refractivity contribution in [2.24, 2.45) is 5.92 Å². The Morgan fingerprint density at radius 2 is 2.06 bits per heavy atom. The van der Waals surface area contributed by atoms with Crippen molar-refractivity contribution in [2.45, 2.75) is 25.9 Å². The fourth-order valence-corrected chi connectivity index (χ4v) is 2.78. The van der Waals surface area contributed by atoms with Crippen molar-refractivity contribution in [1.29, 1.82) is 0 Å². The Balaban J connectivity index is 2.06.